The van der Waals surface area contributed by atoms with E-state index in [4.69, 9.17) is 4.42 Å². The molecule has 0 bridgehead atoms. The third-order valence-corrected chi connectivity index (χ3v) is 6.34. The van der Waals surface area contributed by atoms with E-state index < -0.39 is 6.04 Å². The molecule has 11 nitrogen and oxygen atoms in total. The smallest absolute Gasteiger partial charge is 0.246 e. The highest BCUT2D eigenvalue weighted by Gasteiger charge is 2.22. The lowest BCUT2D eigenvalue weighted by Crippen LogP contribution is -2.42. The maximum absolute atomic E-state index is 13.6. The second-order valence-electron chi connectivity index (χ2n) is 10.00. The average Bonchev–Trinajstić information content (AvgIpc) is 3.38. The Kier molecular flexibility index (Phi) is 9.81. The lowest BCUT2D eigenvalue weighted by Gasteiger charge is -2.23. The van der Waals surface area contributed by atoms with Crippen LogP contribution in [0.2, 0.25) is 0 Å². The quantitative estimate of drug-likeness (QED) is 0.203. The van der Waals surface area contributed by atoms with E-state index in [0.717, 1.165) is 6.42 Å². The molecule has 0 saturated heterocycles. The van der Waals surface area contributed by atoms with Crippen molar-refractivity contribution in [3.63, 3.8) is 0 Å². The Morgan fingerprint density at radius 3 is 2.64 bits per heavy atom. The molecule has 0 aliphatic carbocycles. The van der Waals surface area contributed by atoms with Crippen molar-refractivity contribution < 1.29 is 18.4 Å². The summed E-state index contributed by atoms with van der Waals surface area (Å²) in [7, 11) is 5.40. The summed E-state index contributed by atoms with van der Waals surface area (Å²) in [6, 6.07) is 10.5. The normalized spacial score (nSPS) is 12.1. The zero-order chi connectivity index (χ0) is 30.2. The third kappa shape index (κ3) is 7.67. The molecule has 220 valence electrons. The van der Waals surface area contributed by atoms with Crippen LogP contribution in [0.1, 0.15) is 20.3 Å². The van der Waals surface area contributed by atoms with Gasteiger partial charge in [-0.1, -0.05) is 19.1 Å². The molecule has 2 aromatic heterocycles. The zero-order valence-electron chi connectivity index (χ0n) is 24.3. The number of carbonyl (C=O) groups is 2. The summed E-state index contributed by atoms with van der Waals surface area (Å²) < 4.78 is 19.7. The molecule has 0 aliphatic rings. The van der Waals surface area contributed by atoms with E-state index in [9.17, 15) is 14.0 Å². The first kappa shape index (κ1) is 30.1. The van der Waals surface area contributed by atoms with E-state index >= 15 is 0 Å². The molecule has 0 unspecified atom stereocenters. The van der Waals surface area contributed by atoms with Crippen molar-refractivity contribution in [3.05, 3.63) is 66.6 Å². The molecule has 4 rings (SSSR count). The number of aromatic nitrogens is 3. The highest BCUT2D eigenvalue weighted by molar-refractivity contribution is 5.99. The number of hydrogen-bond donors (Lipinski definition) is 3. The van der Waals surface area contributed by atoms with Gasteiger partial charge in [0.05, 0.1) is 5.56 Å². The van der Waals surface area contributed by atoms with Gasteiger partial charge in [0.2, 0.25) is 23.7 Å². The van der Waals surface area contributed by atoms with Crippen molar-refractivity contribution in [2.45, 2.75) is 26.3 Å². The van der Waals surface area contributed by atoms with Crippen molar-refractivity contribution in [3.8, 4) is 11.5 Å². The lowest BCUT2D eigenvalue weighted by molar-refractivity contribution is -0.132. The van der Waals surface area contributed by atoms with E-state index in [2.05, 4.69) is 30.9 Å². The number of oxazole rings is 1. The van der Waals surface area contributed by atoms with Crippen molar-refractivity contribution in [1.82, 2.24) is 24.8 Å². The maximum atomic E-state index is 13.6. The molecule has 2 aromatic carbocycles. The van der Waals surface area contributed by atoms with E-state index in [1.807, 2.05) is 25.9 Å². The van der Waals surface area contributed by atoms with Crippen LogP contribution in [-0.4, -0.2) is 76.8 Å². The summed E-state index contributed by atoms with van der Waals surface area (Å²) in [5.41, 5.74) is 2.60. The zero-order valence-corrected chi connectivity index (χ0v) is 24.3. The van der Waals surface area contributed by atoms with Crippen molar-refractivity contribution in [1.29, 1.82) is 0 Å². The Labute approximate surface area is 243 Å². The minimum Gasteiger partial charge on any atom is -0.436 e. The average molecular weight is 575 g/mol. The first-order chi connectivity index (χ1) is 20.1. The molecule has 3 N–H and O–H groups in total. The Bertz CT molecular complexity index is 1590. The molecular weight excluding hydrogens is 539 g/mol. The minimum absolute atomic E-state index is 0.262. The maximum Gasteiger partial charge on any atom is 0.246 e. The van der Waals surface area contributed by atoms with E-state index in [0.29, 0.717) is 52.8 Å². The van der Waals surface area contributed by atoms with Gasteiger partial charge >= 0.3 is 0 Å². The van der Waals surface area contributed by atoms with Crippen LogP contribution in [0.25, 0.3) is 22.6 Å². The molecule has 0 saturated carbocycles. The highest BCUT2D eigenvalue weighted by Crippen LogP contribution is 2.31. The van der Waals surface area contributed by atoms with Gasteiger partial charge in [-0.25, -0.2) is 14.4 Å². The number of hydrogen-bond acceptors (Lipinski definition) is 9. The van der Waals surface area contributed by atoms with Gasteiger partial charge in [-0.15, -0.1) is 0 Å². The Hall–Kier alpha value is -4.84. The fourth-order valence-electron chi connectivity index (χ4n) is 3.88. The van der Waals surface area contributed by atoms with E-state index in [1.165, 1.54) is 23.1 Å². The number of fused-ring (bicyclic) bond motifs is 1. The third-order valence-electron chi connectivity index (χ3n) is 6.34. The Morgan fingerprint density at radius 2 is 1.90 bits per heavy atom. The van der Waals surface area contributed by atoms with Crippen molar-refractivity contribution >= 4 is 46.1 Å². The molecule has 1 atom stereocenters. The van der Waals surface area contributed by atoms with E-state index in [1.54, 1.807) is 56.6 Å². The van der Waals surface area contributed by atoms with Gasteiger partial charge in [0.1, 0.15) is 23.2 Å². The van der Waals surface area contributed by atoms with Gasteiger partial charge in [0, 0.05) is 49.9 Å². The molecule has 12 heteroatoms. The SMILES string of the molecule is CCCNc1nc(Nc2cccc(F)c2)ncc1-c1nc2ccc(NC(=O)[C@H](C)N(C)C(=O)C=CCN(C)C)cc2o1. The van der Waals surface area contributed by atoms with Crippen LogP contribution >= 0.6 is 0 Å². The first-order valence-corrected chi connectivity index (χ1v) is 13.6. The summed E-state index contributed by atoms with van der Waals surface area (Å²) >= 11 is 0. The predicted molar refractivity (Wildman–Crippen MR) is 162 cm³/mol. The molecule has 0 radical (unpaired) electrons. The minimum atomic E-state index is -0.702. The number of amides is 2. The van der Waals surface area contributed by atoms with Gasteiger partial charge < -0.3 is 30.2 Å². The highest BCUT2D eigenvalue weighted by atomic mass is 19.1. The first-order valence-electron chi connectivity index (χ1n) is 13.6. The monoisotopic (exact) mass is 574 g/mol. The molecule has 0 spiro atoms. The van der Waals surface area contributed by atoms with E-state index in [-0.39, 0.29) is 23.6 Å². The summed E-state index contributed by atoms with van der Waals surface area (Å²) in [6.45, 7) is 4.97. The fourth-order valence-corrected chi connectivity index (χ4v) is 3.88. The Morgan fingerprint density at radius 1 is 1.10 bits per heavy atom. The van der Waals surface area contributed by atoms with Gasteiger partial charge in [0.25, 0.3) is 0 Å². The van der Waals surface area contributed by atoms with Crippen molar-refractivity contribution in [2.24, 2.45) is 0 Å². The van der Waals surface area contributed by atoms with Crippen LogP contribution in [-0.2, 0) is 9.59 Å². The van der Waals surface area contributed by atoms with Crippen molar-refractivity contribution in [2.75, 3.05) is 50.2 Å². The van der Waals surface area contributed by atoms with Crippen LogP contribution in [0, 0.1) is 5.82 Å². The Balaban J connectivity index is 1.51. The second-order valence-corrected chi connectivity index (χ2v) is 10.00. The predicted octanol–water partition coefficient (Wildman–Crippen LogP) is 4.89. The number of nitrogens with one attached hydrogen (secondary N) is 3. The van der Waals surface area contributed by atoms with Gasteiger partial charge in [-0.3, -0.25) is 9.59 Å². The molecular formula is C30H35FN8O3. The number of carbonyl (C=O) groups excluding carboxylic acids is 2. The molecule has 42 heavy (non-hydrogen) atoms. The summed E-state index contributed by atoms with van der Waals surface area (Å²) in [5, 5.41) is 9.12. The summed E-state index contributed by atoms with van der Waals surface area (Å²) in [5.74, 6) is 0.119. The van der Waals surface area contributed by atoms with Gasteiger partial charge in [-0.2, -0.15) is 4.98 Å². The number of halogens is 1. The number of likely N-dealkylation sites (N-methyl/N-ethyl adjacent to an activating group) is 2. The van der Waals surface area contributed by atoms with Gasteiger partial charge in [-0.05, 0) is 57.8 Å². The number of rotatable bonds is 12. The molecule has 2 amide bonds. The fraction of sp³-hybridized carbons (Fsp3) is 0.300. The standard InChI is InChI=1S/C30H35FN8O3/c1-6-14-32-27-23(18-33-30(37-27)35-21-10-7-9-20(31)16-21)29-36-24-13-12-22(17-25(24)42-29)34-28(41)19(2)39(5)26(40)11-8-15-38(3)4/h7-13,16-19H,6,14-15H2,1-5H3,(H,34,41)(H2,32,33,35,37)/t19-/m0/s1. The van der Waals surface area contributed by atoms with Crippen LogP contribution in [0.3, 0.4) is 0 Å². The van der Waals surface area contributed by atoms with Crippen LogP contribution in [0.4, 0.5) is 27.5 Å². The molecule has 2 heterocycles. The molecule has 0 fully saturated rings. The summed E-state index contributed by atoms with van der Waals surface area (Å²) in [4.78, 5) is 42.2. The summed E-state index contributed by atoms with van der Waals surface area (Å²) in [6.07, 6.45) is 5.66. The number of anilines is 4. The molecule has 4 aromatic rings. The van der Waals surface area contributed by atoms with Crippen LogP contribution in [0.15, 0.2) is 65.2 Å². The number of benzene rings is 2. The topological polar surface area (TPSA) is 129 Å². The van der Waals surface area contributed by atoms with Crippen LogP contribution in [0.5, 0.6) is 0 Å². The largest absolute Gasteiger partial charge is 0.436 e. The second kappa shape index (κ2) is 13.7. The molecule has 0 aliphatic heterocycles. The lowest BCUT2D eigenvalue weighted by atomic mass is 10.2. The van der Waals surface area contributed by atoms with Gasteiger partial charge in [0.15, 0.2) is 5.58 Å². The number of nitrogens with zero attached hydrogens (tertiary/aromatic N) is 5. The van der Waals surface area contributed by atoms with Crippen LogP contribution < -0.4 is 16.0 Å².